The van der Waals surface area contributed by atoms with Crippen LogP contribution in [-0.2, 0) is 17.7 Å². The minimum Gasteiger partial charge on any atom is -0.383 e. The Morgan fingerprint density at radius 3 is 2.50 bits per heavy atom. The van der Waals surface area contributed by atoms with Crippen LogP contribution in [0, 0.1) is 0 Å². The zero-order valence-electron chi connectivity index (χ0n) is 15.3. The molecule has 1 heterocycles. The summed E-state index contributed by atoms with van der Waals surface area (Å²) >= 11 is 5.79. The van der Waals surface area contributed by atoms with Gasteiger partial charge in [-0.2, -0.15) is 0 Å². The van der Waals surface area contributed by atoms with Gasteiger partial charge in [0.2, 0.25) is 0 Å². The fourth-order valence-electron chi connectivity index (χ4n) is 2.32. The van der Waals surface area contributed by atoms with E-state index in [1.54, 1.807) is 26.4 Å². The van der Waals surface area contributed by atoms with Gasteiger partial charge in [0.25, 0.3) is 0 Å². The Kier molecular flexibility index (Phi) is 8.72. The van der Waals surface area contributed by atoms with Crippen molar-refractivity contribution in [1.82, 2.24) is 15.6 Å². The third-order valence-electron chi connectivity index (χ3n) is 3.77. The Balaban J connectivity index is 1.71. The fraction of sp³-hybridized carbons (Fsp3) is 0.368. The minimum absolute atomic E-state index is 0.513. The highest BCUT2D eigenvalue weighted by Gasteiger charge is 2.00. The zero-order chi connectivity index (χ0) is 18.6. The first-order chi connectivity index (χ1) is 12.7. The molecule has 1 aromatic heterocycles. The van der Waals surface area contributed by atoms with Crippen molar-refractivity contribution in [3.8, 4) is 0 Å². The van der Waals surface area contributed by atoms with Gasteiger partial charge in [0, 0.05) is 45.7 Å². The third kappa shape index (κ3) is 7.29. The molecular weight excluding hydrogens is 350 g/mol. The molecule has 2 aromatic rings. The number of benzene rings is 1. The maximum Gasteiger partial charge on any atom is 0.191 e. The van der Waals surface area contributed by atoms with E-state index in [2.05, 4.69) is 50.2 Å². The lowest BCUT2D eigenvalue weighted by molar-refractivity contribution is 0.211. The molecular formula is C19H26ClN5O. The van der Waals surface area contributed by atoms with Crippen molar-refractivity contribution in [2.24, 2.45) is 4.99 Å². The van der Waals surface area contributed by atoms with Crippen molar-refractivity contribution >= 4 is 23.2 Å². The second-order valence-electron chi connectivity index (χ2n) is 5.71. The highest BCUT2D eigenvalue weighted by molar-refractivity contribution is 6.29. The molecule has 0 spiro atoms. The molecule has 0 unspecified atom stereocenters. The van der Waals surface area contributed by atoms with Crippen molar-refractivity contribution in [1.29, 1.82) is 0 Å². The second kappa shape index (κ2) is 11.3. The van der Waals surface area contributed by atoms with Crippen molar-refractivity contribution < 1.29 is 4.74 Å². The summed E-state index contributed by atoms with van der Waals surface area (Å²) in [6, 6.07) is 12.1. The number of rotatable bonds is 9. The fourth-order valence-corrected chi connectivity index (χ4v) is 2.44. The van der Waals surface area contributed by atoms with Gasteiger partial charge in [-0.15, -0.1) is 0 Å². The average Bonchev–Trinajstić information content (AvgIpc) is 2.67. The van der Waals surface area contributed by atoms with Crippen LogP contribution in [0.25, 0.3) is 0 Å². The molecule has 3 N–H and O–H groups in total. The van der Waals surface area contributed by atoms with E-state index in [0.717, 1.165) is 36.7 Å². The Hall–Kier alpha value is -2.31. The lowest BCUT2D eigenvalue weighted by Gasteiger charge is -2.12. The van der Waals surface area contributed by atoms with Crippen LogP contribution >= 0.6 is 11.6 Å². The molecule has 0 aliphatic carbocycles. The summed E-state index contributed by atoms with van der Waals surface area (Å²) in [4.78, 5) is 8.33. The van der Waals surface area contributed by atoms with Crippen molar-refractivity contribution in [2.75, 3.05) is 39.2 Å². The average molecular weight is 376 g/mol. The van der Waals surface area contributed by atoms with Gasteiger partial charge < -0.3 is 20.7 Å². The summed E-state index contributed by atoms with van der Waals surface area (Å²) < 4.78 is 5.03. The molecule has 7 heteroatoms. The molecule has 0 bridgehead atoms. The van der Waals surface area contributed by atoms with Crippen LogP contribution in [0.2, 0.25) is 5.15 Å². The number of aliphatic imine (C=N–C) groups is 1. The predicted molar refractivity (Wildman–Crippen MR) is 108 cm³/mol. The summed E-state index contributed by atoms with van der Waals surface area (Å²) in [6.45, 7) is 2.97. The van der Waals surface area contributed by atoms with E-state index >= 15 is 0 Å². The van der Waals surface area contributed by atoms with Gasteiger partial charge in [-0.1, -0.05) is 29.8 Å². The number of anilines is 1. The summed E-state index contributed by atoms with van der Waals surface area (Å²) in [7, 11) is 3.46. The predicted octanol–water partition coefficient (Wildman–Crippen LogP) is 2.70. The molecule has 1 aromatic carbocycles. The molecule has 26 heavy (non-hydrogen) atoms. The summed E-state index contributed by atoms with van der Waals surface area (Å²) in [5, 5.41) is 10.4. The SMILES string of the molecule is CN=C(NCCc1ccc(Cl)nc1)NCc1ccc(NCCOC)cc1. The maximum atomic E-state index is 5.79. The van der Waals surface area contributed by atoms with Crippen LogP contribution in [0.5, 0.6) is 0 Å². The van der Waals surface area contributed by atoms with Crippen LogP contribution in [-0.4, -0.2) is 44.8 Å². The number of halogens is 1. The number of hydrogen-bond donors (Lipinski definition) is 3. The maximum absolute atomic E-state index is 5.79. The molecule has 0 atom stereocenters. The first kappa shape index (κ1) is 20.0. The molecule has 2 rings (SSSR count). The van der Waals surface area contributed by atoms with Crippen LogP contribution in [0.4, 0.5) is 5.69 Å². The number of pyridine rings is 1. The summed E-state index contributed by atoms with van der Waals surface area (Å²) in [5.41, 5.74) is 3.41. The van der Waals surface area contributed by atoms with Gasteiger partial charge in [-0.3, -0.25) is 4.99 Å². The van der Waals surface area contributed by atoms with Crippen molar-refractivity contribution in [2.45, 2.75) is 13.0 Å². The third-order valence-corrected chi connectivity index (χ3v) is 3.99. The minimum atomic E-state index is 0.513. The molecule has 0 saturated heterocycles. The van der Waals surface area contributed by atoms with Gasteiger partial charge in [0.15, 0.2) is 5.96 Å². The van der Waals surface area contributed by atoms with Crippen LogP contribution in [0.3, 0.4) is 0 Å². The Morgan fingerprint density at radius 2 is 1.85 bits per heavy atom. The molecule has 0 fully saturated rings. The lowest BCUT2D eigenvalue weighted by Crippen LogP contribution is -2.37. The lowest BCUT2D eigenvalue weighted by atomic mass is 10.2. The van der Waals surface area contributed by atoms with E-state index < -0.39 is 0 Å². The smallest absolute Gasteiger partial charge is 0.191 e. The number of ether oxygens (including phenoxy) is 1. The standard InChI is InChI=1S/C19H26ClN5O/c1-21-19(23-10-9-16-5-8-18(20)24-13-16)25-14-15-3-6-17(7-4-15)22-11-12-26-2/h3-8,13,22H,9-12,14H2,1-2H3,(H2,21,23,25). The summed E-state index contributed by atoms with van der Waals surface area (Å²) in [5.74, 6) is 0.772. The second-order valence-corrected chi connectivity index (χ2v) is 6.10. The summed E-state index contributed by atoms with van der Waals surface area (Å²) in [6.07, 6.45) is 2.65. The van der Waals surface area contributed by atoms with Gasteiger partial charge >= 0.3 is 0 Å². The number of hydrogen-bond acceptors (Lipinski definition) is 4. The van der Waals surface area contributed by atoms with E-state index in [9.17, 15) is 0 Å². The Labute approximate surface area is 160 Å². The molecule has 0 aliphatic heterocycles. The van der Waals surface area contributed by atoms with E-state index in [-0.39, 0.29) is 0 Å². The number of methoxy groups -OCH3 is 1. The molecule has 6 nitrogen and oxygen atoms in total. The van der Waals surface area contributed by atoms with Crippen LogP contribution < -0.4 is 16.0 Å². The van der Waals surface area contributed by atoms with Crippen molar-refractivity contribution in [3.63, 3.8) is 0 Å². The van der Waals surface area contributed by atoms with E-state index in [4.69, 9.17) is 16.3 Å². The van der Waals surface area contributed by atoms with Gasteiger partial charge in [-0.05, 0) is 35.7 Å². The number of guanidine groups is 1. The monoisotopic (exact) mass is 375 g/mol. The molecule has 0 radical (unpaired) electrons. The largest absolute Gasteiger partial charge is 0.383 e. The molecule has 140 valence electrons. The number of nitrogens with zero attached hydrogens (tertiary/aromatic N) is 2. The van der Waals surface area contributed by atoms with Gasteiger partial charge in [0.1, 0.15) is 5.15 Å². The van der Waals surface area contributed by atoms with E-state index in [1.165, 1.54) is 5.56 Å². The first-order valence-electron chi connectivity index (χ1n) is 8.58. The van der Waals surface area contributed by atoms with Crippen LogP contribution in [0.15, 0.2) is 47.6 Å². The zero-order valence-corrected chi connectivity index (χ0v) is 16.0. The Bertz CT molecular complexity index is 673. The Morgan fingerprint density at radius 1 is 1.08 bits per heavy atom. The normalized spacial score (nSPS) is 11.3. The highest BCUT2D eigenvalue weighted by atomic mass is 35.5. The van der Waals surface area contributed by atoms with Crippen molar-refractivity contribution in [3.05, 3.63) is 58.9 Å². The van der Waals surface area contributed by atoms with E-state index in [0.29, 0.717) is 18.3 Å². The number of aromatic nitrogens is 1. The van der Waals surface area contributed by atoms with Crippen LogP contribution in [0.1, 0.15) is 11.1 Å². The topological polar surface area (TPSA) is 70.6 Å². The quantitative estimate of drug-likeness (QED) is 0.272. The highest BCUT2D eigenvalue weighted by Crippen LogP contribution is 2.09. The van der Waals surface area contributed by atoms with Gasteiger partial charge in [0.05, 0.1) is 6.61 Å². The molecule has 0 saturated carbocycles. The van der Waals surface area contributed by atoms with Gasteiger partial charge in [-0.25, -0.2) is 4.98 Å². The van der Waals surface area contributed by atoms with E-state index in [1.807, 2.05) is 6.07 Å². The molecule has 0 aliphatic rings. The number of nitrogens with one attached hydrogen (secondary N) is 3. The first-order valence-corrected chi connectivity index (χ1v) is 8.95. The molecule has 0 amide bonds.